The molecule has 1 unspecified atom stereocenters. The van der Waals surface area contributed by atoms with Gasteiger partial charge in [-0.2, -0.15) is 0 Å². The van der Waals surface area contributed by atoms with Gasteiger partial charge in [-0.15, -0.1) is 24.0 Å². The molecule has 26 heavy (non-hydrogen) atoms. The summed E-state index contributed by atoms with van der Waals surface area (Å²) in [5.74, 6) is 0.123. The van der Waals surface area contributed by atoms with Crippen LogP contribution in [0.25, 0.3) is 0 Å². The van der Waals surface area contributed by atoms with Crippen molar-refractivity contribution < 1.29 is 8.78 Å². The minimum absolute atomic E-state index is 0. The van der Waals surface area contributed by atoms with Crippen molar-refractivity contribution in [2.24, 2.45) is 4.99 Å². The van der Waals surface area contributed by atoms with Gasteiger partial charge in [0, 0.05) is 32.2 Å². The van der Waals surface area contributed by atoms with E-state index in [9.17, 15) is 8.78 Å². The molecule has 146 valence electrons. The summed E-state index contributed by atoms with van der Waals surface area (Å²) in [5.41, 5.74) is 0.385. The lowest BCUT2D eigenvalue weighted by molar-refractivity contribution is 0.249. The number of rotatable bonds is 5. The monoisotopic (exact) mass is 478 g/mol. The second-order valence-electron chi connectivity index (χ2n) is 6.85. The Balaban J connectivity index is 0.00000243. The van der Waals surface area contributed by atoms with Crippen molar-refractivity contribution in [2.45, 2.75) is 38.6 Å². The fraction of sp³-hybridized carbons (Fsp3) is 0.632. The number of aliphatic imine (C=N–C) groups is 1. The van der Waals surface area contributed by atoms with E-state index in [0.717, 1.165) is 31.7 Å². The fourth-order valence-corrected chi connectivity index (χ4v) is 3.78. The molecule has 2 heterocycles. The van der Waals surface area contributed by atoms with Crippen LogP contribution in [0.1, 0.15) is 31.7 Å². The number of hydrogen-bond donors (Lipinski definition) is 1. The normalized spacial score (nSPS) is 21.1. The van der Waals surface area contributed by atoms with Crippen LogP contribution < -0.4 is 5.32 Å². The number of nitrogens with one attached hydrogen (secondary N) is 1. The minimum atomic E-state index is -0.403. The zero-order valence-electron chi connectivity index (χ0n) is 15.4. The molecule has 1 N–H and O–H groups in total. The van der Waals surface area contributed by atoms with E-state index in [1.807, 2.05) is 0 Å². The van der Waals surface area contributed by atoms with Gasteiger partial charge < -0.3 is 10.2 Å². The molecule has 4 nitrogen and oxygen atoms in total. The van der Waals surface area contributed by atoms with Crippen LogP contribution in [0.2, 0.25) is 0 Å². The van der Waals surface area contributed by atoms with E-state index in [1.54, 1.807) is 0 Å². The highest BCUT2D eigenvalue weighted by atomic mass is 127. The van der Waals surface area contributed by atoms with E-state index in [0.29, 0.717) is 24.6 Å². The van der Waals surface area contributed by atoms with Gasteiger partial charge in [0.2, 0.25) is 0 Å². The van der Waals surface area contributed by atoms with E-state index < -0.39 is 5.82 Å². The van der Waals surface area contributed by atoms with Gasteiger partial charge in [0.25, 0.3) is 0 Å². The molecule has 0 spiro atoms. The molecule has 3 rings (SSSR count). The molecule has 7 heteroatoms. The number of likely N-dealkylation sites (tertiary alicyclic amines) is 2. The molecule has 2 aliphatic rings. The lowest BCUT2D eigenvalue weighted by Gasteiger charge is -2.25. The molecule has 1 aromatic carbocycles. The summed E-state index contributed by atoms with van der Waals surface area (Å²) in [4.78, 5) is 9.54. The molecule has 2 aliphatic heterocycles. The van der Waals surface area contributed by atoms with Crippen LogP contribution in [0.15, 0.2) is 23.2 Å². The largest absolute Gasteiger partial charge is 0.357 e. The van der Waals surface area contributed by atoms with Gasteiger partial charge in [-0.1, -0.05) is 0 Å². The predicted molar refractivity (Wildman–Crippen MR) is 112 cm³/mol. The third-order valence-electron chi connectivity index (χ3n) is 5.11. The minimum Gasteiger partial charge on any atom is -0.357 e. The fourth-order valence-electron chi connectivity index (χ4n) is 3.78. The summed E-state index contributed by atoms with van der Waals surface area (Å²) in [5, 5.41) is 3.34. The Hall–Kier alpha value is -0.960. The molecular formula is C19H29F2IN4. The molecule has 2 fully saturated rings. The average molecular weight is 478 g/mol. The highest BCUT2D eigenvalue weighted by Crippen LogP contribution is 2.20. The maximum atomic E-state index is 13.7. The molecule has 1 aromatic rings. The van der Waals surface area contributed by atoms with Crippen LogP contribution >= 0.6 is 24.0 Å². The van der Waals surface area contributed by atoms with Gasteiger partial charge in [-0.05, 0) is 69.5 Å². The lowest BCUT2D eigenvalue weighted by atomic mass is 10.1. The number of benzene rings is 1. The maximum absolute atomic E-state index is 13.7. The molecule has 0 aliphatic carbocycles. The SMILES string of the molecule is CCNC(=NCCc1cc(F)ccc1F)N1CCC(N2CCCC2)C1.I. The van der Waals surface area contributed by atoms with Crippen molar-refractivity contribution in [3.8, 4) is 0 Å². The Bertz CT molecular complexity index is 605. The van der Waals surface area contributed by atoms with Gasteiger partial charge >= 0.3 is 0 Å². The van der Waals surface area contributed by atoms with Crippen molar-refractivity contribution in [1.29, 1.82) is 0 Å². The summed E-state index contributed by atoms with van der Waals surface area (Å²) in [6.07, 6.45) is 4.19. The number of halogens is 3. The Kier molecular flexibility index (Phi) is 8.53. The van der Waals surface area contributed by atoms with Crippen LogP contribution in [0.3, 0.4) is 0 Å². The molecule has 0 saturated carbocycles. The Morgan fingerprint density at radius 2 is 2.00 bits per heavy atom. The van der Waals surface area contributed by atoms with E-state index in [-0.39, 0.29) is 29.8 Å². The second kappa shape index (κ2) is 10.4. The second-order valence-corrected chi connectivity index (χ2v) is 6.85. The summed E-state index contributed by atoms with van der Waals surface area (Å²) < 4.78 is 27.0. The first-order valence-corrected chi connectivity index (χ1v) is 9.38. The van der Waals surface area contributed by atoms with Crippen molar-refractivity contribution in [3.05, 3.63) is 35.4 Å². The maximum Gasteiger partial charge on any atom is 0.193 e. The van der Waals surface area contributed by atoms with Gasteiger partial charge in [-0.3, -0.25) is 9.89 Å². The van der Waals surface area contributed by atoms with Crippen molar-refractivity contribution in [1.82, 2.24) is 15.1 Å². The molecule has 0 radical (unpaired) electrons. The van der Waals surface area contributed by atoms with Crippen LogP contribution in [0, 0.1) is 11.6 Å². The Labute approximate surface area is 172 Å². The Morgan fingerprint density at radius 3 is 2.73 bits per heavy atom. The highest BCUT2D eigenvalue weighted by molar-refractivity contribution is 14.0. The first-order chi connectivity index (χ1) is 12.2. The molecule has 0 bridgehead atoms. The van der Waals surface area contributed by atoms with E-state index in [2.05, 4.69) is 27.0 Å². The molecule has 0 aromatic heterocycles. The van der Waals surface area contributed by atoms with Crippen LogP contribution in [-0.2, 0) is 6.42 Å². The van der Waals surface area contributed by atoms with Crippen molar-refractivity contribution >= 4 is 29.9 Å². The molecule has 2 saturated heterocycles. The predicted octanol–water partition coefficient (Wildman–Crippen LogP) is 3.26. The van der Waals surface area contributed by atoms with Gasteiger partial charge in [0.1, 0.15) is 11.6 Å². The van der Waals surface area contributed by atoms with E-state index in [1.165, 1.54) is 44.5 Å². The van der Waals surface area contributed by atoms with Gasteiger partial charge in [0.05, 0.1) is 0 Å². The van der Waals surface area contributed by atoms with E-state index >= 15 is 0 Å². The van der Waals surface area contributed by atoms with E-state index in [4.69, 9.17) is 0 Å². The number of hydrogen-bond acceptors (Lipinski definition) is 2. The highest BCUT2D eigenvalue weighted by Gasteiger charge is 2.30. The Morgan fingerprint density at radius 1 is 1.23 bits per heavy atom. The molecule has 1 atom stereocenters. The summed E-state index contributed by atoms with van der Waals surface area (Å²) in [6, 6.07) is 4.21. The zero-order valence-corrected chi connectivity index (χ0v) is 17.7. The number of guanidine groups is 1. The van der Waals surface area contributed by atoms with Gasteiger partial charge in [-0.25, -0.2) is 8.78 Å². The van der Waals surface area contributed by atoms with Crippen molar-refractivity contribution in [3.63, 3.8) is 0 Å². The molecule has 0 amide bonds. The quantitative estimate of drug-likeness (QED) is 0.401. The third-order valence-corrected chi connectivity index (χ3v) is 5.11. The smallest absolute Gasteiger partial charge is 0.193 e. The number of nitrogens with zero attached hydrogens (tertiary/aromatic N) is 3. The molecular weight excluding hydrogens is 449 g/mol. The topological polar surface area (TPSA) is 30.9 Å². The first-order valence-electron chi connectivity index (χ1n) is 9.38. The van der Waals surface area contributed by atoms with Crippen LogP contribution in [0.5, 0.6) is 0 Å². The third kappa shape index (κ3) is 5.52. The first kappa shape index (κ1) is 21.3. The lowest BCUT2D eigenvalue weighted by Crippen LogP contribution is -2.42. The van der Waals surface area contributed by atoms with Gasteiger partial charge in [0.15, 0.2) is 5.96 Å². The standard InChI is InChI=1S/C19H28F2N4.HI/c1-2-22-19(23-9-7-15-13-16(20)5-6-18(15)21)25-12-8-17(14-25)24-10-3-4-11-24;/h5-6,13,17H,2-4,7-12,14H2,1H3,(H,22,23);1H. The zero-order chi connectivity index (χ0) is 17.6. The summed E-state index contributed by atoms with van der Waals surface area (Å²) in [7, 11) is 0. The summed E-state index contributed by atoms with van der Waals surface area (Å²) >= 11 is 0. The van der Waals surface area contributed by atoms with Crippen LogP contribution in [-0.4, -0.2) is 61.1 Å². The van der Waals surface area contributed by atoms with Crippen molar-refractivity contribution in [2.75, 3.05) is 39.3 Å². The van der Waals surface area contributed by atoms with Crippen LogP contribution in [0.4, 0.5) is 8.78 Å². The average Bonchev–Trinajstić information content (AvgIpc) is 3.28. The summed E-state index contributed by atoms with van der Waals surface area (Å²) in [6.45, 7) is 7.74.